The van der Waals surface area contributed by atoms with Crippen LogP contribution in [0.4, 0.5) is 0 Å². The lowest BCUT2D eigenvalue weighted by molar-refractivity contribution is -0.143. The van der Waals surface area contributed by atoms with Crippen LogP contribution in [0.3, 0.4) is 0 Å². The van der Waals surface area contributed by atoms with E-state index in [1.807, 2.05) is 22.6 Å². The Bertz CT molecular complexity index is 528. The molecule has 102 valence electrons. The van der Waals surface area contributed by atoms with Crippen LogP contribution in [-0.4, -0.2) is 39.1 Å². The Balaban J connectivity index is 2.20. The quantitative estimate of drug-likeness (QED) is 0.681. The van der Waals surface area contributed by atoms with E-state index in [4.69, 9.17) is 0 Å². The molecule has 1 aliphatic heterocycles. The van der Waals surface area contributed by atoms with Gasteiger partial charge < -0.3 is 15.5 Å². The van der Waals surface area contributed by atoms with Gasteiger partial charge in [-0.15, -0.1) is 0 Å². The van der Waals surface area contributed by atoms with Crippen LogP contribution in [0.25, 0.3) is 0 Å². The molecule has 0 spiro atoms. The Morgan fingerprint density at radius 3 is 2.68 bits per heavy atom. The molecule has 2 rings (SSSR count). The van der Waals surface area contributed by atoms with Gasteiger partial charge >= 0.3 is 5.97 Å². The molecule has 1 heterocycles. The van der Waals surface area contributed by atoms with Gasteiger partial charge in [-0.2, -0.15) is 11.8 Å². The zero-order valence-corrected chi connectivity index (χ0v) is 12.8. The Morgan fingerprint density at radius 2 is 2.16 bits per heavy atom. The number of phenolic OH excluding ortho intramolecular Hbond substituents is 1. The lowest BCUT2D eigenvalue weighted by Gasteiger charge is -2.24. The number of phenols is 1. The highest BCUT2D eigenvalue weighted by molar-refractivity contribution is 14.1. The fourth-order valence-corrected chi connectivity index (χ4v) is 3.49. The number of thioether (sulfide) groups is 1. The third kappa shape index (κ3) is 2.97. The predicted molar refractivity (Wildman–Crippen MR) is 80.6 cm³/mol. The summed E-state index contributed by atoms with van der Waals surface area (Å²) < 4.78 is 0.638. The number of amides is 1. The first kappa shape index (κ1) is 14.4. The summed E-state index contributed by atoms with van der Waals surface area (Å²) in [7, 11) is 0. The molecule has 1 atom stereocenters. The summed E-state index contributed by atoms with van der Waals surface area (Å²) in [6, 6.07) is 4.52. The second-order valence-corrected chi connectivity index (χ2v) is 6.58. The summed E-state index contributed by atoms with van der Waals surface area (Å²) in [4.78, 5) is 23.4. The van der Waals surface area contributed by atoms with Crippen LogP contribution in [0.2, 0.25) is 0 Å². The molecule has 1 aromatic rings. The number of halogens is 1. The molecule has 1 saturated heterocycles. The van der Waals surface area contributed by atoms with Crippen LogP contribution in [0, 0.1) is 3.57 Å². The average molecular weight is 393 g/mol. The number of carboxylic acid groups (broad SMARTS) is 1. The molecule has 0 aliphatic carbocycles. The second-order valence-electron chi connectivity index (χ2n) is 4.31. The number of hydrogen-bond acceptors (Lipinski definition) is 4. The molecule has 0 saturated carbocycles. The molecule has 1 aromatic carbocycles. The summed E-state index contributed by atoms with van der Waals surface area (Å²) in [5.41, 5.74) is -0.934. The van der Waals surface area contributed by atoms with E-state index in [-0.39, 0.29) is 11.3 Å². The highest BCUT2D eigenvalue weighted by atomic mass is 127. The van der Waals surface area contributed by atoms with E-state index < -0.39 is 17.4 Å². The first-order valence-electron chi connectivity index (χ1n) is 5.57. The molecule has 1 fully saturated rings. The maximum Gasteiger partial charge on any atom is 0.330 e. The molecule has 5 nitrogen and oxygen atoms in total. The van der Waals surface area contributed by atoms with Gasteiger partial charge in [-0.05, 0) is 53.0 Å². The third-order valence-electron chi connectivity index (χ3n) is 2.99. The van der Waals surface area contributed by atoms with Gasteiger partial charge in [-0.25, -0.2) is 4.79 Å². The standard InChI is InChI=1S/C12H12INO4S/c13-8-2-1-7(5-9(8)15)10(16)14-12(11(17)18)3-4-19-6-12/h1-2,5,15H,3-4,6H2,(H,14,16)(H,17,18). The van der Waals surface area contributed by atoms with E-state index in [2.05, 4.69) is 5.32 Å². The van der Waals surface area contributed by atoms with Gasteiger partial charge in [0.1, 0.15) is 11.3 Å². The number of carbonyl (C=O) groups is 2. The van der Waals surface area contributed by atoms with Gasteiger partial charge in [0.2, 0.25) is 0 Å². The van der Waals surface area contributed by atoms with E-state index in [9.17, 15) is 19.8 Å². The first-order valence-corrected chi connectivity index (χ1v) is 7.80. The molecule has 0 radical (unpaired) electrons. The van der Waals surface area contributed by atoms with Crippen LogP contribution in [-0.2, 0) is 4.79 Å². The van der Waals surface area contributed by atoms with Crippen molar-refractivity contribution >= 4 is 46.2 Å². The third-order valence-corrected chi connectivity index (χ3v) is 5.09. The Morgan fingerprint density at radius 1 is 1.42 bits per heavy atom. The van der Waals surface area contributed by atoms with Gasteiger partial charge in [-0.3, -0.25) is 4.79 Å². The number of aliphatic carboxylic acids is 1. The smallest absolute Gasteiger partial charge is 0.330 e. The zero-order valence-electron chi connectivity index (χ0n) is 9.85. The van der Waals surface area contributed by atoms with Crippen LogP contribution in [0.1, 0.15) is 16.8 Å². The largest absolute Gasteiger partial charge is 0.507 e. The SMILES string of the molecule is O=C(NC1(C(=O)O)CCSC1)c1ccc(I)c(O)c1. The van der Waals surface area contributed by atoms with E-state index in [0.29, 0.717) is 21.5 Å². The molecule has 1 unspecified atom stereocenters. The summed E-state index contributed by atoms with van der Waals surface area (Å²) in [5, 5.41) is 21.4. The average Bonchev–Trinajstić information content (AvgIpc) is 2.82. The summed E-state index contributed by atoms with van der Waals surface area (Å²) in [6.45, 7) is 0. The lowest BCUT2D eigenvalue weighted by atomic mass is 9.98. The lowest BCUT2D eigenvalue weighted by Crippen LogP contribution is -2.54. The van der Waals surface area contributed by atoms with Crippen LogP contribution < -0.4 is 5.32 Å². The molecule has 19 heavy (non-hydrogen) atoms. The van der Waals surface area contributed by atoms with Crippen molar-refractivity contribution in [1.82, 2.24) is 5.32 Å². The van der Waals surface area contributed by atoms with Crippen molar-refractivity contribution in [2.45, 2.75) is 12.0 Å². The van der Waals surface area contributed by atoms with Crippen molar-refractivity contribution in [1.29, 1.82) is 0 Å². The maximum absolute atomic E-state index is 12.1. The van der Waals surface area contributed by atoms with E-state index in [0.717, 1.165) is 0 Å². The van der Waals surface area contributed by atoms with E-state index in [1.54, 1.807) is 12.1 Å². The topological polar surface area (TPSA) is 86.6 Å². The number of nitrogens with one attached hydrogen (secondary N) is 1. The molecular weight excluding hydrogens is 381 g/mol. The minimum absolute atomic E-state index is 0.0124. The zero-order chi connectivity index (χ0) is 14.0. The minimum Gasteiger partial charge on any atom is -0.507 e. The van der Waals surface area contributed by atoms with Crippen molar-refractivity contribution < 1.29 is 19.8 Å². The second kappa shape index (κ2) is 5.58. The molecule has 3 N–H and O–H groups in total. The van der Waals surface area contributed by atoms with Crippen molar-refractivity contribution in [2.24, 2.45) is 0 Å². The van der Waals surface area contributed by atoms with Crippen molar-refractivity contribution in [3.8, 4) is 5.75 Å². The molecule has 1 aliphatic rings. The summed E-state index contributed by atoms with van der Waals surface area (Å²) in [5.74, 6) is -0.398. The monoisotopic (exact) mass is 393 g/mol. The fraction of sp³-hybridized carbons (Fsp3) is 0.333. The van der Waals surface area contributed by atoms with E-state index >= 15 is 0 Å². The normalized spacial score (nSPS) is 22.2. The molecule has 0 aromatic heterocycles. The van der Waals surface area contributed by atoms with E-state index in [1.165, 1.54) is 17.8 Å². The van der Waals surface area contributed by atoms with Crippen LogP contribution in [0.15, 0.2) is 18.2 Å². The number of aromatic hydroxyl groups is 1. The van der Waals surface area contributed by atoms with Crippen molar-refractivity contribution in [3.05, 3.63) is 27.3 Å². The van der Waals surface area contributed by atoms with Gasteiger partial charge in [-0.1, -0.05) is 0 Å². The summed E-state index contributed by atoms with van der Waals surface area (Å²) >= 11 is 3.45. The fourth-order valence-electron chi connectivity index (χ4n) is 1.83. The highest BCUT2D eigenvalue weighted by Gasteiger charge is 2.43. The maximum atomic E-state index is 12.1. The van der Waals surface area contributed by atoms with Gasteiger partial charge in [0.25, 0.3) is 5.91 Å². The first-order chi connectivity index (χ1) is 8.94. The number of carbonyl (C=O) groups excluding carboxylic acids is 1. The molecule has 7 heteroatoms. The van der Waals surface area contributed by atoms with Gasteiger partial charge in [0.05, 0.1) is 3.57 Å². The molecule has 1 amide bonds. The predicted octanol–water partition coefficient (Wildman–Crippen LogP) is 1.69. The van der Waals surface area contributed by atoms with Crippen molar-refractivity contribution in [2.75, 3.05) is 11.5 Å². The van der Waals surface area contributed by atoms with Crippen LogP contribution >= 0.6 is 34.4 Å². The number of rotatable bonds is 3. The molecule has 0 bridgehead atoms. The van der Waals surface area contributed by atoms with Gasteiger partial charge in [0, 0.05) is 11.3 Å². The Hall–Kier alpha value is -0.960. The van der Waals surface area contributed by atoms with Gasteiger partial charge in [0.15, 0.2) is 0 Å². The minimum atomic E-state index is -1.19. The summed E-state index contributed by atoms with van der Waals surface area (Å²) in [6.07, 6.45) is 0.412. The molecular formula is C12H12INO4S. The number of benzene rings is 1. The van der Waals surface area contributed by atoms with Crippen molar-refractivity contribution in [3.63, 3.8) is 0 Å². The van der Waals surface area contributed by atoms with Crippen LogP contribution in [0.5, 0.6) is 5.75 Å². The Labute approximate surface area is 127 Å². The Kier molecular flexibility index (Phi) is 4.24. The highest BCUT2D eigenvalue weighted by Crippen LogP contribution is 2.29. The number of hydrogen-bond donors (Lipinski definition) is 3. The number of carboxylic acids is 1.